The molecular weight excluding hydrogens is 254 g/mol. The normalized spacial score (nSPS) is 21.0. The maximum absolute atomic E-state index is 3.77. The first-order valence-corrected chi connectivity index (χ1v) is 8.12. The van der Waals surface area contributed by atoms with Crippen molar-refractivity contribution in [2.45, 2.75) is 45.1 Å². The molecule has 0 saturated carbocycles. The molecule has 0 aliphatic heterocycles. The van der Waals surface area contributed by atoms with Crippen LogP contribution in [-0.4, -0.2) is 6.54 Å². The standard InChI is InChI=1S/C20H25N/c1-15-7-3-4-8-17(15)13-14-21-20-12-11-16(2)18-9-5-6-10-19(18)20/h3-10,16,20-21H,11-14H2,1-2H3. The number of hydrogen-bond acceptors (Lipinski definition) is 1. The fourth-order valence-corrected chi connectivity index (χ4v) is 3.49. The Bertz CT molecular complexity index is 602. The van der Waals surface area contributed by atoms with Crippen molar-refractivity contribution in [2.24, 2.45) is 0 Å². The zero-order valence-electron chi connectivity index (χ0n) is 13.1. The summed E-state index contributed by atoms with van der Waals surface area (Å²) in [6.45, 7) is 5.60. The molecule has 0 spiro atoms. The Labute approximate surface area is 128 Å². The third-order valence-corrected chi connectivity index (χ3v) is 4.84. The summed E-state index contributed by atoms with van der Waals surface area (Å²) in [5.41, 5.74) is 5.91. The van der Waals surface area contributed by atoms with Crippen LogP contribution >= 0.6 is 0 Å². The van der Waals surface area contributed by atoms with E-state index in [4.69, 9.17) is 0 Å². The lowest BCUT2D eigenvalue weighted by Gasteiger charge is -2.30. The van der Waals surface area contributed by atoms with Gasteiger partial charge in [-0.3, -0.25) is 0 Å². The average molecular weight is 279 g/mol. The van der Waals surface area contributed by atoms with Gasteiger partial charge in [0.05, 0.1) is 0 Å². The van der Waals surface area contributed by atoms with Gasteiger partial charge in [-0.15, -0.1) is 0 Å². The van der Waals surface area contributed by atoms with E-state index in [1.807, 2.05) is 0 Å². The van der Waals surface area contributed by atoms with Crippen LogP contribution in [0.5, 0.6) is 0 Å². The second kappa shape index (κ2) is 6.44. The molecule has 0 saturated heterocycles. The molecule has 21 heavy (non-hydrogen) atoms. The van der Waals surface area contributed by atoms with E-state index in [0.717, 1.165) is 13.0 Å². The molecule has 1 nitrogen and oxygen atoms in total. The highest BCUT2D eigenvalue weighted by atomic mass is 14.9. The Kier molecular flexibility index (Phi) is 4.40. The van der Waals surface area contributed by atoms with Crippen LogP contribution in [0.1, 0.15) is 54.0 Å². The molecule has 0 amide bonds. The number of hydrogen-bond donors (Lipinski definition) is 1. The second-order valence-electron chi connectivity index (χ2n) is 6.29. The molecule has 110 valence electrons. The largest absolute Gasteiger partial charge is 0.310 e. The first kappa shape index (κ1) is 14.3. The quantitative estimate of drug-likeness (QED) is 0.850. The highest BCUT2D eigenvalue weighted by Gasteiger charge is 2.23. The minimum absolute atomic E-state index is 0.529. The van der Waals surface area contributed by atoms with E-state index in [-0.39, 0.29) is 0 Å². The Hall–Kier alpha value is -1.60. The fraction of sp³-hybridized carbons (Fsp3) is 0.400. The summed E-state index contributed by atoms with van der Waals surface area (Å²) in [7, 11) is 0. The van der Waals surface area contributed by atoms with Crippen molar-refractivity contribution in [2.75, 3.05) is 6.54 Å². The predicted molar refractivity (Wildman–Crippen MR) is 89.7 cm³/mol. The molecule has 0 radical (unpaired) electrons. The van der Waals surface area contributed by atoms with E-state index in [2.05, 4.69) is 67.7 Å². The zero-order chi connectivity index (χ0) is 14.7. The van der Waals surface area contributed by atoms with Crippen LogP contribution in [0.25, 0.3) is 0 Å². The summed E-state index contributed by atoms with van der Waals surface area (Å²) in [5, 5.41) is 3.77. The molecule has 1 heteroatoms. The summed E-state index contributed by atoms with van der Waals surface area (Å²) in [6.07, 6.45) is 3.66. The molecule has 3 rings (SSSR count). The first-order valence-electron chi connectivity index (χ1n) is 8.12. The van der Waals surface area contributed by atoms with Gasteiger partial charge in [-0.1, -0.05) is 55.5 Å². The van der Waals surface area contributed by atoms with Gasteiger partial charge in [0, 0.05) is 6.04 Å². The Morgan fingerprint density at radius 3 is 2.48 bits per heavy atom. The summed E-state index contributed by atoms with van der Waals surface area (Å²) in [6, 6.07) is 18.2. The number of fused-ring (bicyclic) bond motifs is 1. The van der Waals surface area contributed by atoms with Crippen LogP contribution in [0.4, 0.5) is 0 Å². The molecule has 2 aromatic rings. The van der Waals surface area contributed by atoms with Gasteiger partial charge in [-0.25, -0.2) is 0 Å². The van der Waals surface area contributed by atoms with E-state index >= 15 is 0 Å². The number of nitrogens with one attached hydrogen (secondary N) is 1. The van der Waals surface area contributed by atoms with E-state index < -0.39 is 0 Å². The van der Waals surface area contributed by atoms with Crippen LogP contribution < -0.4 is 5.32 Å². The van der Waals surface area contributed by atoms with Crippen molar-refractivity contribution < 1.29 is 0 Å². The van der Waals surface area contributed by atoms with Gasteiger partial charge >= 0.3 is 0 Å². The van der Waals surface area contributed by atoms with E-state index in [0.29, 0.717) is 12.0 Å². The van der Waals surface area contributed by atoms with Crippen LogP contribution in [0.15, 0.2) is 48.5 Å². The van der Waals surface area contributed by atoms with Gasteiger partial charge in [-0.2, -0.15) is 0 Å². The molecule has 1 N–H and O–H groups in total. The maximum atomic E-state index is 3.77. The molecule has 1 aliphatic carbocycles. The van der Waals surface area contributed by atoms with Gasteiger partial charge in [0.15, 0.2) is 0 Å². The summed E-state index contributed by atoms with van der Waals surface area (Å²) >= 11 is 0. The molecule has 0 heterocycles. The van der Waals surface area contributed by atoms with Crippen molar-refractivity contribution >= 4 is 0 Å². The van der Waals surface area contributed by atoms with E-state index in [9.17, 15) is 0 Å². The van der Waals surface area contributed by atoms with Crippen molar-refractivity contribution in [3.05, 3.63) is 70.8 Å². The monoisotopic (exact) mass is 279 g/mol. The van der Waals surface area contributed by atoms with Gasteiger partial charge in [0.2, 0.25) is 0 Å². The Morgan fingerprint density at radius 1 is 0.952 bits per heavy atom. The highest BCUT2D eigenvalue weighted by molar-refractivity contribution is 5.35. The third-order valence-electron chi connectivity index (χ3n) is 4.84. The fourth-order valence-electron chi connectivity index (χ4n) is 3.49. The minimum atomic E-state index is 0.529. The lowest BCUT2D eigenvalue weighted by atomic mass is 9.81. The summed E-state index contributed by atoms with van der Waals surface area (Å²) in [4.78, 5) is 0. The van der Waals surface area contributed by atoms with E-state index in [1.165, 1.54) is 35.1 Å². The molecular formula is C20H25N. The van der Waals surface area contributed by atoms with Crippen LogP contribution in [0, 0.1) is 6.92 Å². The smallest absolute Gasteiger partial charge is 0.0323 e. The first-order chi connectivity index (χ1) is 10.3. The molecule has 1 aliphatic rings. The average Bonchev–Trinajstić information content (AvgIpc) is 2.52. The number of rotatable bonds is 4. The Balaban J connectivity index is 1.64. The van der Waals surface area contributed by atoms with Gasteiger partial charge in [0.25, 0.3) is 0 Å². The van der Waals surface area contributed by atoms with Crippen molar-refractivity contribution in [1.82, 2.24) is 5.32 Å². The van der Waals surface area contributed by atoms with Crippen molar-refractivity contribution in [3.8, 4) is 0 Å². The lowest BCUT2D eigenvalue weighted by Crippen LogP contribution is -2.28. The van der Waals surface area contributed by atoms with Crippen LogP contribution in [-0.2, 0) is 6.42 Å². The molecule has 2 atom stereocenters. The zero-order valence-corrected chi connectivity index (χ0v) is 13.1. The van der Waals surface area contributed by atoms with Crippen LogP contribution in [0.3, 0.4) is 0 Å². The van der Waals surface area contributed by atoms with Gasteiger partial charge < -0.3 is 5.32 Å². The van der Waals surface area contributed by atoms with Crippen molar-refractivity contribution in [1.29, 1.82) is 0 Å². The highest BCUT2D eigenvalue weighted by Crippen LogP contribution is 2.36. The lowest BCUT2D eigenvalue weighted by molar-refractivity contribution is 0.434. The predicted octanol–water partition coefficient (Wildman–Crippen LogP) is 4.77. The van der Waals surface area contributed by atoms with Crippen molar-refractivity contribution in [3.63, 3.8) is 0 Å². The van der Waals surface area contributed by atoms with E-state index in [1.54, 1.807) is 0 Å². The SMILES string of the molecule is Cc1ccccc1CCNC1CCC(C)c2ccccc21. The molecule has 0 fully saturated rings. The van der Waals surface area contributed by atoms with Gasteiger partial charge in [-0.05, 0) is 60.9 Å². The maximum Gasteiger partial charge on any atom is 0.0323 e. The second-order valence-corrected chi connectivity index (χ2v) is 6.29. The third kappa shape index (κ3) is 3.19. The summed E-state index contributed by atoms with van der Waals surface area (Å²) in [5.74, 6) is 0.704. The molecule has 2 unspecified atom stereocenters. The molecule has 2 aromatic carbocycles. The van der Waals surface area contributed by atoms with Crippen LogP contribution in [0.2, 0.25) is 0 Å². The number of aryl methyl sites for hydroxylation is 1. The Morgan fingerprint density at radius 2 is 1.67 bits per heavy atom. The number of benzene rings is 2. The minimum Gasteiger partial charge on any atom is -0.310 e. The topological polar surface area (TPSA) is 12.0 Å². The molecule has 0 bridgehead atoms. The van der Waals surface area contributed by atoms with Gasteiger partial charge in [0.1, 0.15) is 0 Å². The summed E-state index contributed by atoms with van der Waals surface area (Å²) < 4.78 is 0. The molecule has 0 aromatic heterocycles.